The second kappa shape index (κ2) is 6.75. The van der Waals surface area contributed by atoms with Crippen LogP contribution in [0.25, 0.3) is 0 Å². The molecule has 2 unspecified atom stereocenters. The van der Waals surface area contributed by atoms with Crippen molar-refractivity contribution in [3.05, 3.63) is 29.8 Å². The highest BCUT2D eigenvalue weighted by atomic mass is 16.2. The lowest BCUT2D eigenvalue weighted by molar-refractivity contribution is -0.122. The lowest BCUT2D eigenvalue weighted by Crippen LogP contribution is -2.54. The van der Waals surface area contributed by atoms with Gasteiger partial charge in [-0.15, -0.1) is 0 Å². The second-order valence-electron chi connectivity index (χ2n) is 5.40. The summed E-state index contributed by atoms with van der Waals surface area (Å²) in [6, 6.07) is 8.57. The van der Waals surface area contributed by atoms with Crippen molar-refractivity contribution < 1.29 is 4.79 Å². The molecule has 4 heteroatoms. The molecule has 2 atom stereocenters. The van der Waals surface area contributed by atoms with E-state index in [1.54, 1.807) is 0 Å². The van der Waals surface area contributed by atoms with E-state index in [0.717, 1.165) is 19.5 Å². The van der Waals surface area contributed by atoms with Crippen LogP contribution in [0.5, 0.6) is 0 Å². The first-order valence-corrected chi connectivity index (χ1v) is 7.51. The zero-order valence-electron chi connectivity index (χ0n) is 12.6. The Hall–Kier alpha value is -1.55. The highest BCUT2D eigenvalue weighted by Gasteiger charge is 2.27. The van der Waals surface area contributed by atoms with Crippen molar-refractivity contribution in [3.63, 3.8) is 0 Å². The first kappa shape index (κ1) is 14.9. The molecular formula is C16H25N3O. The molecule has 1 aliphatic heterocycles. The lowest BCUT2D eigenvalue weighted by Gasteiger charge is -2.36. The third-order valence-electron chi connectivity index (χ3n) is 3.91. The van der Waals surface area contributed by atoms with Gasteiger partial charge in [-0.05, 0) is 38.4 Å². The van der Waals surface area contributed by atoms with Gasteiger partial charge in [-0.25, -0.2) is 0 Å². The van der Waals surface area contributed by atoms with Crippen LogP contribution >= 0.6 is 0 Å². The fourth-order valence-corrected chi connectivity index (χ4v) is 2.70. The quantitative estimate of drug-likeness (QED) is 0.864. The van der Waals surface area contributed by atoms with Crippen molar-refractivity contribution in [1.29, 1.82) is 0 Å². The highest BCUT2D eigenvalue weighted by Crippen LogP contribution is 2.28. The van der Waals surface area contributed by atoms with Gasteiger partial charge in [0.05, 0.1) is 0 Å². The van der Waals surface area contributed by atoms with E-state index in [0.29, 0.717) is 12.6 Å². The molecular weight excluding hydrogens is 250 g/mol. The van der Waals surface area contributed by atoms with Gasteiger partial charge in [-0.3, -0.25) is 4.79 Å². The molecule has 0 aromatic heterocycles. The molecule has 110 valence electrons. The van der Waals surface area contributed by atoms with Crippen LogP contribution in [0, 0.1) is 0 Å². The van der Waals surface area contributed by atoms with Gasteiger partial charge in [0.15, 0.2) is 0 Å². The van der Waals surface area contributed by atoms with Gasteiger partial charge in [0, 0.05) is 24.8 Å². The number of hydrogen-bond acceptors (Lipinski definition) is 3. The van der Waals surface area contributed by atoms with Crippen LogP contribution in [0.1, 0.15) is 38.8 Å². The minimum atomic E-state index is -0.108. The number of rotatable bonds is 5. The summed E-state index contributed by atoms with van der Waals surface area (Å²) in [5.74, 6) is 0.111. The average Bonchev–Trinajstić information content (AvgIpc) is 2.47. The smallest absolute Gasteiger partial charge is 0.242 e. The molecule has 1 fully saturated rings. The number of nitrogens with zero attached hydrogens (tertiary/aromatic N) is 1. The van der Waals surface area contributed by atoms with Crippen molar-refractivity contribution in [2.24, 2.45) is 0 Å². The molecule has 4 nitrogen and oxygen atoms in total. The zero-order valence-corrected chi connectivity index (χ0v) is 12.6. The third kappa shape index (κ3) is 3.12. The second-order valence-corrected chi connectivity index (χ2v) is 5.40. The van der Waals surface area contributed by atoms with Crippen LogP contribution in [-0.2, 0) is 4.79 Å². The SMILES string of the molecule is CCCNC(C)c1ccccc1N1CCNC(=O)C1C. The van der Waals surface area contributed by atoms with Crippen LogP contribution in [0.15, 0.2) is 24.3 Å². The monoisotopic (exact) mass is 275 g/mol. The predicted molar refractivity (Wildman–Crippen MR) is 83.0 cm³/mol. The Morgan fingerprint density at radius 1 is 1.45 bits per heavy atom. The first-order chi connectivity index (χ1) is 9.65. The number of anilines is 1. The average molecular weight is 275 g/mol. The van der Waals surface area contributed by atoms with Gasteiger partial charge >= 0.3 is 0 Å². The first-order valence-electron chi connectivity index (χ1n) is 7.51. The molecule has 0 spiro atoms. The summed E-state index contributed by atoms with van der Waals surface area (Å²) in [4.78, 5) is 14.1. The summed E-state index contributed by atoms with van der Waals surface area (Å²) >= 11 is 0. The number of amides is 1. The molecule has 1 heterocycles. The van der Waals surface area contributed by atoms with Crippen molar-refractivity contribution in [2.45, 2.75) is 39.3 Å². The molecule has 0 aliphatic carbocycles. The Morgan fingerprint density at radius 3 is 2.95 bits per heavy atom. The molecule has 20 heavy (non-hydrogen) atoms. The Bertz CT molecular complexity index is 461. The van der Waals surface area contributed by atoms with Crippen LogP contribution < -0.4 is 15.5 Å². The van der Waals surface area contributed by atoms with E-state index >= 15 is 0 Å². The Morgan fingerprint density at radius 2 is 2.20 bits per heavy atom. The van der Waals surface area contributed by atoms with Gasteiger partial charge in [0.1, 0.15) is 6.04 Å². The van der Waals surface area contributed by atoms with Gasteiger partial charge in [0.25, 0.3) is 0 Å². The maximum Gasteiger partial charge on any atom is 0.242 e. The van der Waals surface area contributed by atoms with Gasteiger partial charge in [-0.2, -0.15) is 0 Å². The minimum absolute atomic E-state index is 0.108. The fourth-order valence-electron chi connectivity index (χ4n) is 2.70. The van der Waals surface area contributed by atoms with Crippen LogP contribution in [-0.4, -0.2) is 31.6 Å². The molecule has 1 aliphatic rings. The summed E-state index contributed by atoms with van der Waals surface area (Å²) in [6.45, 7) is 8.91. The maximum atomic E-state index is 11.9. The van der Waals surface area contributed by atoms with E-state index < -0.39 is 0 Å². The van der Waals surface area contributed by atoms with E-state index in [-0.39, 0.29) is 11.9 Å². The summed E-state index contributed by atoms with van der Waals surface area (Å²) in [5, 5.41) is 6.45. The molecule has 2 rings (SSSR count). The maximum absolute atomic E-state index is 11.9. The molecule has 0 radical (unpaired) electrons. The van der Waals surface area contributed by atoms with E-state index in [1.165, 1.54) is 11.3 Å². The van der Waals surface area contributed by atoms with Gasteiger partial charge in [0.2, 0.25) is 5.91 Å². The number of hydrogen-bond donors (Lipinski definition) is 2. The molecule has 0 bridgehead atoms. The van der Waals surface area contributed by atoms with Gasteiger partial charge < -0.3 is 15.5 Å². The van der Waals surface area contributed by atoms with Crippen molar-refractivity contribution in [2.75, 3.05) is 24.5 Å². The van der Waals surface area contributed by atoms with Crippen molar-refractivity contribution in [3.8, 4) is 0 Å². The lowest BCUT2D eigenvalue weighted by atomic mass is 10.0. The number of carbonyl (C=O) groups excluding carboxylic acids is 1. The Balaban J connectivity index is 2.24. The summed E-state index contributed by atoms with van der Waals surface area (Å²) in [7, 11) is 0. The topological polar surface area (TPSA) is 44.4 Å². The van der Waals surface area contributed by atoms with Crippen molar-refractivity contribution in [1.82, 2.24) is 10.6 Å². The Kier molecular flexibility index (Phi) is 5.01. The summed E-state index contributed by atoms with van der Waals surface area (Å²) in [6.07, 6.45) is 1.12. The molecule has 1 aromatic carbocycles. The molecule has 1 amide bonds. The molecule has 1 aromatic rings. The molecule has 1 saturated heterocycles. The number of carbonyl (C=O) groups is 1. The summed E-state index contributed by atoms with van der Waals surface area (Å²) in [5.41, 5.74) is 2.44. The normalized spacial score (nSPS) is 20.6. The van der Waals surface area contributed by atoms with E-state index in [1.807, 2.05) is 13.0 Å². The largest absolute Gasteiger partial charge is 0.358 e. The van der Waals surface area contributed by atoms with Gasteiger partial charge in [-0.1, -0.05) is 25.1 Å². The number of benzene rings is 1. The van der Waals surface area contributed by atoms with E-state index in [9.17, 15) is 4.79 Å². The third-order valence-corrected chi connectivity index (χ3v) is 3.91. The number of nitrogens with one attached hydrogen (secondary N) is 2. The number of piperazine rings is 1. The summed E-state index contributed by atoms with van der Waals surface area (Å²) < 4.78 is 0. The van der Waals surface area contributed by atoms with E-state index in [4.69, 9.17) is 0 Å². The standard InChI is InChI=1S/C16H25N3O/c1-4-9-17-12(2)14-7-5-6-8-15(14)19-11-10-18-16(20)13(19)3/h5-8,12-13,17H,4,9-11H2,1-3H3,(H,18,20). The van der Waals surface area contributed by atoms with Crippen LogP contribution in [0.3, 0.4) is 0 Å². The molecule has 2 N–H and O–H groups in total. The van der Waals surface area contributed by atoms with Crippen LogP contribution in [0.2, 0.25) is 0 Å². The zero-order chi connectivity index (χ0) is 14.5. The van der Waals surface area contributed by atoms with E-state index in [2.05, 4.69) is 47.6 Å². The van der Waals surface area contributed by atoms with Crippen LogP contribution in [0.4, 0.5) is 5.69 Å². The number of para-hydroxylation sites is 1. The molecule has 0 saturated carbocycles. The predicted octanol–water partition coefficient (Wildman–Crippen LogP) is 2.07. The van der Waals surface area contributed by atoms with Crippen molar-refractivity contribution >= 4 is 11.6 Å². The Labute approximate surface area is 121 Å². The minimum Gasteiger partial charge on any atom is -0.358 e. The fraction of sp³-hybridized carbons (Fsp3) is 0.562. The highest BCUT2D eigenvalue weighted by molar-refractivity contribution is 5.86.